The third-order valence-electron chi connectivity index (χ3n) is 2.88. The van der Waals surface area contributed by atoms with Crippen molar-refractivity contribution in [3.8, 4) is 0 Å². The molecule has 0 fully saturated rings. The Labute approximate surface area is 113 Å². The predicted octanol–water partition coefficient (Wildman–Crippen LogP) is 0.924. The maximum Gasteiger partial charge on any atom is 0.328 e. The van der Waals surface area contributed by atoms with E-state index in [0.717, 1.165) is 5.56 Å². The summed E-state index contributed by atoms with van der Waals surface area (Å²) < 4.78 is 4.69. The van der Waals surface area contributed by atoms with Crippen molar-refractivity contribution in [2.24, 2.45) is 5.73 Å². The first-order valence-corrected chi connectivity index (χ1v) is 6.15. The van der Waals surface area contributed by atoms with Crippen molar-refractivity contribution in [3.63, 3.8) is 0 Å². The van der Waals surface area contributed by atoms with Gasteiger partial charge in [0.05, 0.1) is 13.2 Å². The first kappa shape index (κ1) is 15.2. The molecule has 1 rings (SSSR count). The number of benzene rings is 1. The third kappa shape index (κ3) is 4.06. The number of ether oxygens (including phenoxy) is 1. The number of hydrogen-bond acceptors (Lipinski definition) is 4. The van der Waals surface area contributed by atoms with E-state index in [1.54, 1.807) is 13.8 Å². The molecule has 1 aromatic carbocycles. The normalized spacial score (nSPS) is 13.5. The molecule has 0 saturated carbocycles. The predicted molar refractivity (Wildman–Crippen MR) is 72.1 cm³/mol. The highest BCUT2D eigenvalue weighted by Crippen LogP contribution is 2.11. The van der Waals surface area contributed by atoms with Gasteiger partial charge in [0.25, 0.3) is 0 Å². The summed E-state index contributed by atoms with van der Waals surface area (Å²) in [5.74, 6) is -0.730. The van der Waals surface area contributed by atoms with Crippen molar-refractivity contribution in [2.75, 3.05) is 7.11 Å². The van der Waals surface area contributed by atoms with Crippen LogP contribution in [0, 0.1) is 0 Å². The zero-order chi connectivity index (χ0) is 14.4. The Morgan fingerprint density at radius 2 is 1.84 bits per heavy atom. The zero-order valence-electron chi connectivity index (χ0n) is 11.5. The minimum Gasteiger partial charge on any atom is -0.467 e. The summed E-state index contributed by atoms with van der Waals surface area (Å²) >= 11 is 0. The second-order valence-electron chi connectivity index (χ2n) is 4.44. The molecule has 0 spiro atoms. The van der Waals surface area contributed by atoms with E-state index in [1.165, 1.54) is 12.0 Å². The summed E-state index contributed by atoms with van der Waals surface area (Å²) in [5.41, 5.74) is 6.56. The summed E-state index contributed by atoms with van der Waals surface area (Å²) in [7, 11) is 1.30. The Morgan fingerprint density at radius 1 is 1.26 bits per heavy atom. The van der Waals surface area contributed by atoms with E-state index < -0.39 is 18.1 Å². The van der Waals surface area contributed by atoms with E-state index in [1.807, 2.05) is 30.3 Å². The number of methoxy groups -OCH3 is 1. The smallest absolute Gasteiger partial charge is 0.328 e. The highest BCUT2D eigenvalue weighted by Gasteiger charge is 2.28. The topological polar surface area (TPSA) is 72.6 Å². The van der Waals surface area contributed by atoms with E-state index in [0.29, 0.717) is 6.54 Å². The van der Waals surface area contributed by atoms with E-state index in [9.17, 15) is 9.59 Å². The highest BCUT2D eigenvalue weighted by molar-refractivity contribution is 5.87. The van der Waals surface area contributed by atoms with Crippen LogP contribution in [0.1, 0.15) is 19.4 Å². The molecule has 2 atom stereocenters. The molecule has 2 N–H and O–H groups in total. The molecule has 104 valence electrons. The largest absolute Gasteiger partial charge is 0.467 e. The number of carbonyl (C=O) groups is 2. The van der Waals surface area contributed by atoms with Gasteiger partial charge in [-0.2, -0.15) is 0 Å². The van der Waals surface area contributed by atoms with Crippen LogP contribution in [0.5, 0.6) is 0 Å². The summed E-state index contributed by atoms with van der Waals surface area (Å²) in [6.07, 6.45) is 0. The fourth-order valence-electron chi connectivity index (χ4n) is 1.75. The minimum absolute atomic E-state index is 0.276. The fourth-order valence-corrected chi connectivity index (χ4v) is 1.75. The zero-order valence-corrected chi connectivity index (χ0v) is 11.5. The van der Waals surface area contributed by atoms with E-state index in [2.05, 4.69) is 4.74 Å². The van der Waals surface area contributed by atoms with Crippen molar-refractivity contribution in [1.29, 1.82) is 0 Å². The molecule has 0 bridgehead atoms. The number of hydrogen-bond donors (Lipinski definition) is 1. The van der Waals surface area contributed by atoms with Crippen molar-refractivity contribution in [2.45, 2.75) is 32.5 Å². The maximum atomic E-state index is 12.1. The lowest BCUT2D eigenvalue weighted by atomic mass is 10.1. The molecule has 0 unspecified atom stereocenters. The van der Waals surface area contributed by atoms with Crippen molar-refractivity contribution < 1.29 is 14.3 Å². The first-order valence-electron chi connectivity index (χ1n) is 6.15. The standard InChI is InChI=1S/C14H20N2O3/c1-10(15)13(17)16(11(2)14(18)19-3)9-12-7-5-4-6-8-12/h4-8,10-11H,9,15H2,1-3H3/t10-,11-/m0/s1. The molecular weight excluding hydrogens is 244 g/mol. The van der Waals surface area contributed by atoms with Gasteiger partial charge in [0, 0.05) is 6.54 Å². The van der Waals surface area contributed by atoms with E-state index in [4.69, 9.17) is 5.73 Å². The van der Waals surface area contributed by atoms with Crippen LogP contribution in [0.2, 0.25) is 0 Å². The number of rotatable bonds is 5. The van der Waals surface area contributed by atoms with Gasteiger partial charge in [-0.1, -0.05) is 30.3 Å². The molecule has 5 heteroatoms. The number of carbonyl (C=O) groups excluding carboxylic acids is 2. The van der Waals surface area contributed by atoms with Crippen molar-refractivity contribution >= 4 is 11.9 Å². The average molecular weight is 264 g/mol. The Balaban J connectivity index is 2.93. The molecule has 0 aromatic heterocycles. The van der Waals surface area contributed by atoms with Crippen molar-refractivity contribution in [3.05, 3.63) is 35.9 Å². The molecule has 0 radical (unpaired) electrons. The maximum absolute atomic E-state index is 12.1. The fraction of sp³-hybridized carbons (Fsp3) is 0.429. The quantitative estimate of drug-likeness (QED) is 0.803. The lowest BCUT2D eigenvalue weighted by molar-refractivity contribution is -0.152. The minimum atomic E-state index is -0.663. The third-order valence-corrected chi connectivity index (χ3v) is 2.88. The van der Waals surface area contributed by atoms with Crippen LogP contribution in [0.4, 0.5) is 0 Å². The molecule has 5 nitrogen and oxygen atoms in total. The van der Waals surface area contributed by atoms with Crippen LogP contribution in [-0.2, 0) is 20.9 Å². The number of amides is 1. The Kier molecular flexibility index (Phi) is 5.51. The van der Waals surface area contributed by atoms with Gasteiger partial charge in [-0.05, 0) is 19.4 Å². The van der Waals surface area contributed by atoms with Gasteiger partial charge < -0.3 is 15.4 Å². The second-order valence-corrected chi connectivity index (χ2v) is 4.44. The average Bonchev–Trinajstić information content (AvgIpc) is 2.43. The van der Waals surface area contributed by atoms with Crippen LogP contribution in [-0.4, -0.2) is 36.0 Å². The van der Waals surface area contributed by atoms with Gasteiger partial charge in [0.1, 0.15) is 6.04 Å². The van der Waals surface area contributed by atoms with Gasteiger partial charge in [-0.25, -0.2) is 4.79 Å². The van der Waals surface area contributed by atoms with Gasteiger partial charge >= 0.3 is 5.97 Å². The van der Waals surface area contributed by atoms with Crippen LogP contribution < -0.4 is 5.73 Å². The van der Waals surface area contributed by atoms with E-state index >= 15 is 0 Å². The molecule has 0 aliphatic rings. The Bertz CT molecular complexity index is 432. The summed E-state index contributed by atoms with van der Waals surface area (Å²) in [6, 6.07) is 8.13. The summed E-state index contributed by atoms with van der Waals surface area (Å²) in [5, 5.41) is 0. The lowest BCUT2D eigenvalue weighted by Gasteiger charge is -2.29. The Morgan fingerprint density at radius 3 is 2.32 bits per heavy atom. The van der Waals surface area contributed by atoms with Crippen molar-refractivity contribution in [1.82, 2.24) is 4.90 Å². The molecule has 0 aliphatic carbocycles. The van der Waals surface area contributed by atoms with Gasteiger partial charge in [0.15, 0.2) is 0 Å². The SMILES string of the molecule is COC(=O)[C@H](C)N(Cc1ccccc1)C(=O)[C@H](C)N. The van der Waals surface area contributed by atoms with Crippen LogP contribution >= 0.6 is 0 Å². The molecule has 0 aliphatic heterocycles. The monoisotopic (exact) mass is 264 g/mol. The Hall–Kier alpha value is -1.88. The van der Waals surface area contributed by atoms with Gasteiger partial charge in [-0.15, -0.1) is 0 Å². The summed E-state index contributed by atoms with van der Waals surface area (Å²) in [6.45, 7) is 3.57. The molecule has 19 heavy (non-hydrogen) atoms. The number of esters is 1. The van der Waals surface area contributed by atoms with Gasteiger partial charge in [0.2, 0.25) is 5.91 Å². The van der Waals surface area contributed by atoms with Crippen LogP contribution in [0.15, 0.2) is 30.3 Å². The molecule has 0 heterocycles. The highest BCUT2D eigenvalue weighted by atomic mass is 16.5. The first-order chi connectivity index (χ1) is 8.97. The molecule has 1 amide bonds. The lowest BCUT2D eigenvalue weighted by Crippen LogP contribution is -2.49. The van der Waals surface area contributed by atoms with Crippen LogP contribution in [0.3, 0.4) is 0 Å². The van der Waals surface area contributed by atoms with Gasteiger partial charge in [-0.3, -0.25) is 4.79 Å². The molecule has 1 aromatic rings. The number of nitrogens with zero attached hydrogens (tertiary/aromatic N) is 1. The molecule has 0 saturated heterocycles. The van der Waals surface area contributed by atoms with Crippen LogP contribution in [0.25, 0.3) is 0 Å². The summed E-state index contributed by atoms with van der Waals surface area (Å²) in [4.78, 5) is 25.2. The number of nitrogens with two attached hydrogens (primary N) is 1. The van der Waals surface area contributed by atoms with E-state index in [-0.39, 0.29) is 5.91 Å². The second kappa shape index (κ2) is 6.89. The molecular formula is C14H20N2O3.